The molecule has 4 heteroatoms. The maximum atomic E-state index is 11.3. The van der Waals surface area contributed by atoms with Gasteiger partial charge < -0.3 is 15.4 Å². The zero-order valence-electron chi connectivity index (χ0n) is 10.4. The standard InChI is InChI=1S/C12H24N2O2/c1-3-16-12(15)11(13)7-9-14-8-5-4-6-10(14)2/h10-11H,3-9,13H2,1-2H3. The van der Waals surface area contributed by atoms with Crippen LogP contribution in [0.2, 0.25) is 0 Å². The number of nitrogens with two attached hydrogens (primary N) is 1. The van der Waals surface area contributed by atoms with Crippen LogP contribution in [0.4, 0.5) is 0 Å². The highest BCUT2D eigenvalue weighted by Gasteiger charge is 2.21. The van der Waals surface area contributed by atoms with Crippen molar-refractivity contribution in [1.29, 1.82) is 0 Å². The Bertz CT molecular complexity index is 221. The number of rotatable bonds is 5. The Morgan fingerprint density at radius 3 is 2.94 bits per heavy atom. The van der Waals surface area contributed by atoms with Crippen molar-refractivity contribution in [2.45, 2.75) is 51.6 Å². The molecule has 1 fully saturated rings. The minimum atomic E-state index is -0.464. The van der Waals surface area contributed by atoms with Crippen molar-refractivity contribution in [2.75, 3.05) is 19.7 Å². The molecular formula is C12H24N2O2. The minimum absolute atomic E-state index is 0.271. The van der Waals surface area contributed by atoms with Gasteiger partial charge in [0.2, 0.25) is 0 Å². The van der Waals surface area contributed by atoms with Crippen molar-refractivity contribution in [2.24, 2.45) is 5.73 Å². The Balaban J connectivity index is 2.24. The van der Waals surface area contributed by atoms with Gasteiger partial charge in [0.15, 0.2) is 0 Å². The van der Waals surface area contributed by atoms with Crippen molar-refractivity contribution < 1.29 is 9.53 Å². The van der Waals surface area contributed by atoms with E-state index in [1.54, 1.807) is 6.92 Å². The van der Waals surface area contributed by atoms with E-state index < -0.39 is 6.04 Å². The van der Waals surface area contributed by atoms with E-state index in [2.05, 4.69) is 11.8 Å². The smallest absolute Gasteiger partial charge is 0.322 e. The van der Waals surface area contributed by atoms with E-state index in [0.717, 1.165) is 13.1 Å². The summed E-state index contributed by atoms with van der Waals surface area (Å²) in [5, 5.41) is 0. The molecule has 0 bridgehead atoms. The number of hydrogen-bond donors (Lipinski definition) is 1. The van der Waals surface area contributed by atoms with Crippen LogP contribution in [-0.2, 0) is 9.53 Å². The lowest BCUT2D eigenvalue weighted by molar-refractivity contribution is -0.144. The van der Waals surface area contributed by atoms with E-state index >= 15 is 0 Å². The zero-order valence-corrected chi connectivity index (χ0v) is 10.4. The second-order valence-corrected chi connectivity index (χ2v) is 4.53. The number of likely N-dealkylation sites (tertiary alicyclic amines) is 1. The molecule has 94 valence electrons. The van der Waals surface area contributed by atoms with E-state index in [1.165, 1.54) is 19.3 Å². The SMILES string of the molecule is CCOC(=O)C(N)CCN1CCCCC1C. The number of carbonyl (C=O) groups is 1. The number of nitrogens with zero attached hydrogens (tertiary/aromatic N) is 1. The van der Waals surface area contributed by atoms with Gasteiger partial charge in [-0.05, 0) is 39.7 Å². The molecule has 0 amide bonds. The van der Waals surface area contributed by atoms with Gasteiger partial charge in [-0.3, -0.25) is 4.79 Å². The highest BCUT2D eigenvalue weighted by molar-refractivity contribution is 5.75. The molecule has 0 aromatic heterocycles. The lowest BCUT2D eigenvalue weighted by Crippen LogP contribution is -2.42. The third-order valence-electron chi connectivity index (χ3n) is 3.26. The first-order valence-corrected chi connectivity index (χ1v) is 6.31. The zero-order chi connectivity index (χ0) is 12.0. The van der Waals surface area contributed by atoms with Gasteiger partial charge in [0, 0.05) is 12.6 Å². The fraction of sp³-hybridized carbons (Fsp3) is 0.917. The first-order valence-electron chi connectivity index (χ1n) is 6.31. The summed E-state index contributed by atoms with van der Waals surface area (Å²) in [6.07, 6.45) is 4.54. The van der Waals surface area contributed by atoms with E-state index in [0.29, 0.717) is 19.1 Å². The third kappa shape index (κ3) is 4.10. The highest BCUT2D eigenvalue weighted by atomic mass is 16.5. The highest BCUT2D eigenvalue weighted by Crippen LogP contribution is 2.16. The Morgan fingerprint density at radius 1 is 1.56 bits per heavy atom. The van der Waals surface area contributed by atoms with E-state index in [-0.39, 0.29) is 5.97 Å². The molecular weight excluding hydrogens is 204 g/mol. The fourth-order valence-electron chi connectivity index (χ4n) is 2.16. The molecule has 1 saturated heterocycles. The normalized spacial score (nSPS) is 24.1. The Morgan fingerprint density at radius 2 is 2.31 bits per heavy atom. The number of carbonyl (C=O) groups excluding carboxylic acids is 1. The van der Waals surface area contributed by atoms with Crippen LogP contribution >= 0.6 is 0 Å². The molecule has 1 aliphatic rings. The predicted octanol–water partition coefficient (Wildman–Crippen LogP) is 1.14. The molecule has 0 spiro atoms. The lowest BCUT2D eigenvalue weighted by atomic mass is 10.0. The average Bonchev–Trinajstić information content (AvgIpc) is 2.28. The van der Waals surface area contributed by atoms with E-state index in [9.17, 15) is 4.79 Å². The summed E-state index contributed by atoms with van der Waals surface area (Å²) in [5.41, 5.74) is 5.76. The second-order valence-electron chi connectivity index (χ2n) is 4.53. The third-order valence-corrected chi connectivity index (χ3v) is 3.26. The van der Waals surface area contributed by atoms with Crippen molar-refractivity contribution in [1.82, 2.24) is 4.90 Å². The summed E-state index contributed by atoms with van der Waals surface area (Å²) in [6, 6.07) is 0.164. The van der Waals surface area contributed by atoms with Gasteiger partial charge in [0.25, 0.3) is 0 Å². The topological polar surface area (TPSA) is 55.6 Å². The molecule has 1 aliphatic heterocycles. The van der Waals surface area contributed by atoms with Gasteiger partial charge in [-0.25, -0.2) is 0 Å². The number of hydrogen-bond acceptors (Lipinski definition) is 4. The van der Waals surface area contributed by atoms with Gasteiger partial charge in [-0.15, -0.1) is 0 Å². The summed E-state index contributed by atoms with van der Waals surface area (Å²) < 4.78 is 4.89. The van der Waals surface area contributed by atoms with Crippen molar-refractivity contribution in [3.05, 3.63) is 0 Å². The number of esters is 1. The van der Waals surface area contributed by atoms with Crippen LogP contribution in [0.25, 0.3) is 0 Å². The number of ether oxygens (including phenoxy) is 1. The van der Waals surface area contributed by atoms with Gasteiger partial charge in [-0.1, -0.05) is 6.42 Å². The van der Waals surface area contributed by atoms with Crippen LogP contribution in [0.15, 0.2) is 0 Å². The Kier molecular flexibility index (Phi) is 5.77. The predicted molar refractivity (Wildman–Crippen MR) is 64.1 cm³/mol. The van der Waals surface area contributed by atoms with Crippen LogP contribution in [-0.4, -0.2) is 42.6 Å². The van der Waals surface area contributed by atoms with Gasteiger partial charge in [-0.2, -0.15) is 0 Å². The molecule has 0 radical (unpaired) electrons. The summed E-state index contributed by atoms with van der Waals surface area (Å²) >= 11 is 0. The summed E-state index contributed by atoms with van der Waals surface area (Å²) in [5.74, 6) is -0.271. The molecule has 1 heterocycles. The fourth-order valence-corrected chi connectivity index (χ4v) is 2.16. The minimum Gasteiger partial charge on any atom is -0.465 e. The quantitative estimate of drug-likeness (QED) is 0.717. The maximum Gasteiger partial charge on any atom is 0.322 e. The van der Waals surface area contributed by atoms with E-state index in [4.69, 9.17) is 10.5 Å². The van der Waals surface area contributed by atoms with Crippen LogP contribution in [0.1, 0.15) is 39.5 Å². The summed E-state index contributed by atoms with van der Waals surface area (Å²) in [6.45, 7) is 6.50. The molecule has 2 N–H and O–H groups in total. The molecule has 0 aromatic carbocycles. The van der Waals surface area contributed by atoms with E-state index in [1.807, 2.05) is 0 Å². The monoisotopic (exact) mass is 228 g/mol. The molecule has 4 nitrogen and oxygen atoms in total. The Hall–Kier alpha value is -0.610. The molecule has 0 aromatic rings. The first kappa shape index (κ1) is 13.5. The van der Waals surface area contributed by atoms with Crippen molar-refractivity contribution in [3.63, 3.8) is 0 Å². The number of piperidine rings is 1. The summed E-state index contributed by atoms with van der Waals surface area (Å²) in [4.78, 5) is 13.8. The van der Waals surface area contributed by atoms with Gasteiger partial charge in [0.1, 0.15) is 6.04 Å². The molecule has 0 saturated carbocycles. The van der Waals surface area contributed by atoms with Crippen LogP contribution < -0.4 is 5.73 Å². The second kappa shape index (κ2) is 6.86. The van der Waals surface area contributed by atoms with Crippen molar-refractivity contribution >= 4 is 5.97 Å². The molecule has 1 rings (SSSR count). The summed E-state index contributed by atoms with van der Waals surface area (Å²) in [7, 11) is 0. The lowest BCUT2D eigenvalue weighted by Gasteiger charge is -2.33. The van der Waals surface area contributed by atoms with Crippen LogP contribution in [0, 0.1) is 0 Å². The largest absolute Gasteiger partial charge is 0.465 e. The van der Waals surface area contributed by atoms with Gasteiger partial charge >= 0.3 is 5.97 Å². The van der Waals surface area contributed by atoms with Crippen LogP contribution in [0.3, 0.4) is 0 Å². The molecule has 2 unspecified atom stereocenters. The Labute approximate surface area is 98.1 Å². The molecule has 2 atom stereocenters. The maximum absolute atomic E-state index is 11.3. The van der Waals surface area contributed by atoms with Gasteiger partial charge in [0.05, 0.1) is 6.61 Å². The first-order chi connectivity index (χ1) is 7.65. The molecule has 16 heavy (non-hydrogen) atoms. The average molecular weight is 228 g/mol. The molecule has 0 aliphatic carbocycles. The van der Waals surface area contributed by atoms with Crippen molar-refractivity contribution in [3.8, 4) is 0 Å². The van der Waals surface area contributed by atoms with Crippen LogP contribution in [0.5, 0.6) is 0 Å².